The normalized spacial score (nSPS) is 17.0. The molecule has 0 aliphatic heterocycles. The van der Waals surface area contributed by atoms with Crippen LogP contribution in [0.1, 0.15) is 62.3 Å². The third-order valence-corrected chi connectivity index (χ3v) is 4.55. The van der Waals surface area contributed by atoms with E-state index in [2.05, 4.69) is 74.3 Å². The molecule has 1 atom stereocenters. The van der Waals surface area contributed by atoms with Crippen LogP contribution in [0.5, 0.6) is 0 Å². The van der Waals surface area contributed by atoms with Crippen molar-refractivity contribution in [2.45, 2.75) is 73.9 Å². The van der Waals surface area contributed by atoms with Gasteiger partial charge < -0.3 is 0 Å². The largest absolute Gasteiger partial charge is 0.298 e. The molecule has 0 rings (SSSR count). The van der Waals surface area contributed by atoms with Crippen molar-refractivity contribution in [2.24, 2.45) is 10.8 Å². The standard InChI is InChI=1S/C14H31N/c1-11(12(2,3)4)15(10)14(8,9)13(5,6)7/h11H,1-10H3. The first-order valence-corrected chi connectivity index (χ1v) is 6.05. The van der Waals surface area contributed by atoms with Crippen molar-refractivity contribution in [2.75, 3.05) is 7.05 Å². The van der Waals surface area contributed by atoms with Gasteiger partial charge in [0.1, 0.15) is 0 Å². The van der Waals surface area contributed by atoms with E-state index in [1.165, 1.54) is 0 Å². The molecule has 0 amide bonds. The fourth-order valence-corrected chi connectivity index (χ4v) is 1.59. The summed E-state index contributed by atoms with van der Waals surface area (Å²) >= 11 is 0. The number of rotatable bonds is 2. The molecule has 0 saturated heterocycles. The molecule has 0 saturated carbocycles. The zero-order valence-electron chi connectivity index (χ0n) is 12.5. The molecule has 0 fully saturated rings. The lowest BCUT2D eigenvalue weighted by molar-refractivity contribution is -0.0180. The Kier molecular flexibility index (Phi) is 4.07. The maximum absolute atomic E-state index is 2.52. The van der Waals surface area contributed by atoms with Gasteiger partial charge in [-0.15, -0.1) is 0 Å². The van der Waals surface area contributed by atoms with Crippen molar-refractivity contribution in [1.29, 1.82) is 0 Å². The Bertz CT molecular complexity index is 202. The van der Waals surface area contributed by atoms with Crippen LogP contribution < -0.4 is 0 Å². The molecule has 0 aliphatic carbocycles. The Morgan fingerprint density at radius 1 is 0.800 bits per heavy atom. The van der Waals surface area contributed by atoms with Gasteiger partial charge in [-0.1, -0.05) is 41.5 Å². The molecule has 1 nitrogen and oxygen atoms in total. The predicted molar refractivity (Wildman–Crippen MR) is 70.2 cm³/mol. The predicted octanol–water partition coefficient (Wildman–Crippen LogP) is 4.18. The van der Waals surface area contributed by atoms with E-state index in [-0.39, 0.29) is 5.54 Å². The van der Waals surface area contributed by atoms with Crippen LogP contribution in [0.15, 0.2) is 0 Å². The lowest BCUT2D eigenvalue weighted by atomic mass is 9.73. The third-order valence-electron chi connectivity index (χ3n) is 4.55. The van der Waals surface area contributed by atoms with Gasteiger partial charge in [0.25, 0.3) is 0 Å². The Hall–Kier alpha value is -0.0400. The molecule has 0 aliphatic rings. The maximum atomic E-state index is 2.52. The quantitative estimate of drug-likeness (QED) is 0.665. The minimum atomic E-state index is 0.208. The summed E-state index contributed by atoms with van der Waals surface area (Å²) in [6, 6.07) is 0.576. The van der Waals surface area contributed by atoms with Crippen LogP contribution in [0.2, 0.25) is 0 Å². The minimum absolute atomic E-state index is 0.208. The molecule has 0 bridgehead atoms. The summed E-state index contributed by atoms with van der Waals surface area (Å²) in [4.78, 5) is 2.52. The summed E-state index contributed by atoms with van der Waals surface area (Å²) in [6.07, 6.45) is 0. The van der Waals surface area contributed by atoms with E-state index in [0.717, 1.165) is 0 Å². The lowest BCUT2D eigenvalue weighted by Crippen LogP contribution is -2.57. The molecule has 15 heavy (non-hydrogen) atoms. The van der Waals surface area contributed by atoms with Crippen molar-refractivity contribution in [1.82, 2.24) is 4.90 Å². The number of hydrogen-bond acceptors (Lipinski definition) is 1. The van der Waals surface area contributed by atoms with Gasteiger partial charge in [0.05, 0.1) is 0 Å². The molecule has 92 valence electrons. The van der Waals surface area contributed by atoms with Crippen molar-refractivity contribution in [3.05, 3.63) is 0 Å². The highest BCUT2D eigenvalue weighted by Gasteiger charge is 2.40. The van der Waals surface area contributed by atoms with E-state index >= 15 is 0 Å². The van der Waals surface area contributed by atoms with Gasteiger partial charge in [-0.25, -0.2) is 0 Å². The van der Waals surface area contributed by atoms with Crippen molar-refractivity contribution < 1.29 is 0 Å². The van der Waals surface area contributed by atoms with Crippen LogP contribution in [0.4, 0.5) is 0 Å². The monoisotopic (exact) mass is 213 g/mol. The van der Waals surface area contributed by atoms with E-state index in [1.807, 2.05) is 0 Å². The molecular formula is C14H31N. The van der Waals surface area contributed by atoms with E-state index in [9.17, 15) is 0 Å². The second kappa shape index (κ2) is 4.08. The van der Waals surface area contributed by atoms with Crippen LogP contribution in [-0.2, 0) is 0 Å². The topological polar surface area (TPSA) is 3.24 Å². The van der Waals surface area contributed by atoms with Crippen LogP contribution in [-0.4, -0.2) is 23.5 Å². The van der Waals surface area contributed by atoms with E-state index in [0.29, 0.717) is 16.9 Å². The summed E-state index contributed by atoms with van der Waals surface area (Å²) < 4.78 is 0. The fraction of sp³-hybridized carbons (Fsp3) is 1.00. The zero-order chi connectivity index (χ0) is 12.7. The molecule has 0 heterocycles. The van der Waals surface area contributed by atoms with Gasteiger partial charge in [-0.2, -0.15) is 0 Å². The summed E-state index contributed by atoms with van der Waals surface area (Å²) in [5, 5.41) is 0. The summed E-state index contributed by atoms with van der Waals surface area (Å²) in [5.74, 6) is 0. The van der Waals surface area contributed by atoms with Gasteiger partial charge in [0.15, 0.2) is 0 Å². The number of hydrogen-bond donors (Lipinski definition) is 0. The third kappa shape index (κ3) is 3.21. The van der Waals surface area contributed by atoms with Crippen molar-refractivity contribution >= 4 is 0 Å². The second-order valence-corrected chi connectivity index (χ2v) is 7.46. The Labute approximate surface area is 97.2 Å². The molecule has 0 spiro atoms. The maximum Gasteiger partial charge on any atom is 0.0201 e. The zero-order valence-corrected chi connectivity index (χ0v) is 12.5. The van der Waals surface area contributed by atoms with Gasteiger partial charge in [0, 0.05) is 11.6 Å². The SMILES string of the molecule is CC(N(C)C(C)(C)C(C)(C)C)C(C)(C)C. The van der Waals surface area contributed by atoms with Crippen molar-refractivity contribution in [3.63, 3.8) is 0 Å². The fourth-order valence-electron chi connectivity index (χ4n) is 1.59. The van der Waals surface area contributed by atoms with Crippen LogP contribution >= 0.6 is 0 Å². The van der Waals surface area contributed by atoms with Crippen LogP contribution in [0, 0.1) is 10.8 Å². The molecule has 0 aromatic heterocycles. The van der Waals surface area contributed by atoms with Crippen molar-refractivity contribution in [3.8, 4) is 0 Å². The Balaban J connectivity index is 4.94. The summed E-state index contributed by atoms with van der Waals surface area (Å²) in [7, 11) is 2.25. The highest BCUT2D eigenvalue weighted by Crippen LogP contribution is 2.38. The molecule has 1 unspecified atom stereocenters. The molecule has 0 aromatic carbocycles. The van der Waals surface area contributed by atoms with Gasteiger partial charge in [0.2, 0.25) is 0 Å². The minimum Gasteiger partial charge on any atom is -0.298 e. The average Bonchev–Trinajstić information content (AvgIpc) is 1.97. The molecule has 1 heteroatoms. The van der Waals surface area contributed by atoms with Gasteiger partial charge in [-0.3, -0.25) is 4.90 Å². The Morgan fingerprint density at radius 3 is 1.33 bits per heavy atom. The van der Waals surface area contributed by atoms with E-state index in [4.69, 9.17) is 0 Å². The molecule has 0 radical (unpaired) electrons. The first kappa shape index (κ1) is 15.0. The molecule has 0 N–H and O–H groups in total. The second-order valence-electron chi connectivity index (χ2n) is 7.46. The number of nitrogens with zero attached hydrogens (tertiary/aromatic N) is 1. The van der Waals surface area contributed by atoms with Gasteiger partial charge >= 0.3 is 0 Å². The first-order chi connectivity index (χ1) is 6.32. The van der Waals surface area contributed by atoms with Gasteiger partial charge in [-0.05, 0) is 38.6 Å². The van der Waals surface area contributed by atoms with E-state index in [1.54, 1.807) is 0 Å². The Morgan fingerprint density at radius 2 is 1.13 bits per heavy atom. The molecule has 0 aromatic rings. The highest BCUT2D eigenvalue weighted by atomic mass is 15.2. The van der Waals surface area contributed by atoms with Crippen LogP contribution in [0.25, 0.3) is 0 Å². The van der Waals surface area contributed by atoms with Crippen LogP contribution in [0.3, 0.4) is 0 Å². The summed E-state index contributed by atoms with van der Waals surface area (Å²) in [6.45, 7) is 20.9. The van der Waals surface area contributed by atoms with E-state index < -0.39 is 0 Å². The first-order valence-electron chi connectivity index (χ1n) is 6.05. The smallest absolute Gasteiger partial charge is 0.0201 e. The average molecular weight is 213 g/mol. The molecular weight excluding hydrogens is 182 g/mol. The summed E-state index contributed by atoms with van der Waals surface area (Å²) in [5.41, 5.74) is 0.832. The lowest BCUT2D eigenvalue weighted by Gasteiger charge is -2.51. The highest BCUT2D eigenvalue weighted by molar-refractivity contribution is 4.95.